The Hall–Kier alpha value is -6.92. The van der Waals surface area contributed by atoms with Crippen LogP contribution in [0.15, 0.2) is 146 Å². The molecule has 0 radical (unpaired) electrons. The number of aromatic nitrogens is 4. The van der Waals surface area contributed by atoms with E-state index in [0.29, 0.717) is 0 Å². The molecule has 50 heavy (non-hydrogen) atoms. The van der Waals surface area contributed by atoms with Gasteiger partial charge in [-0.1, -0.05) is 97.1 Å². The topological polar surface area (TPSA) is 81.4 Å². The normalized spacial score (nSPS) is 11.8. The lowest BCUT2D eigenvalue weighted by Crippen LogP contribution is -1.95. The standard InChI is InChI=1S/C44H32N6/c1-5-13-29(14-6-1)41-33-21-25-37(47-33)43(45-31-17-9-3-10-18-31)39-27-23-35(49-39)42(30-15-7-2-8-16-30)36-24-28-40(50-36)44(38-26-22-34(41)48-38)46-32-19-11-4-12-20-32/h1-28,45-48H. The van der Waals surface area contributed by atoms with Crippen LogP contribution in [-0.2, 0) is 0 Å². The Morgan fingerprint density at radius 1 is 0.340 bits per heavy atom. The smallest absolute Gasteiger partial charge is 0.0894 e. The summed E-state index contributed by atoms with van der Waals surface area (Å²) >= 11 is 0. The highest BCUT2D eigenvalue weighted by molar-refractivity contribution is 5.99. The third-order valence-electron chi connectivity index (χ3n) is 8.97. The van der Waals surface area contributed by atoms with Crippen molar-refractivity contribution in [3.8, 4) is 22.3 Å². The van der Waals surface area contributed by atoms with Crippen molar-refractivity contribution in [2.45, 2.75) is 0 Å². The van der Waals surface area contributed by atoms with Gasteiger partial charge in [-0.15, -0.1) is 0 Å². The van der Waals surface area contributed by atoms with E-state index in [1.807, 2.05) is 48.5 Å². The molecular formula is C44H32N6. The van der Waals surface area contributed by atoms with Gasteiger partial charge in [0.25, 0.3) is 0 Å². The van der Waals surface area contributed by atoms with E-state index in [2.05, 4.69) is 142 Å². The summed E-state index contributed by atoms with van der Waals surface area (Å²) in [5.41, 5.74) is 15.0. The molecule has 0 fully saturated rings. The van der Waals surface area contributed by atoms with Gasteiger partial charge >= 0.3 is 0 Å². The van der Waals surface area contributed by atoms with Gasteiger partial charge in [0.2, 0.25) is 0 Å². The predicted molar refractivity (Wildman–Crippen MR) is 209 cm³/mol. The summed E-state index contributed by atoms with van der Waals surface area (Å²) < 4.78 is 0. The predicted octanol–water partition coefficient (Wildman–Crippen LogP) is 11.5. The van der Waals surface area contributed by atoms with E-state index in [1.165, 1.54) is 0 Å². The first-order chi connectivity index (χ1) is 24.8. The van der Waals surface area contributed by atoms with Crippen LogP contribution in [0.4, 0.5) is 22.7 Å². The molecule has 7 aromatic rings. The van der Waals surface area contributed by atoms with Gasteiger partial charge in [0.15, 0.2) is 0 Å². The fourth-order valence-corrected chi connectivity index (χ4v) is 6.62. The summed E-state index contributed by atoms with van der Waals surface area (Å²) in [4.78, 5) is 18.1. The van der Waals surface area contributed by atoms with Gasteiger partial charge in [0.05, 0.1) is 45.2 Å². The number of benzene rings is 4. The molecule has 6 nitrogen and oxygen atoms in total. The molecule has 0 spiro atoms. The van der Waals surface area contributed by atoms with Crippen molar-refractivity contribution in [2.24, 2.45) is 0 Å². The second-order valence-corrected chi connectivity index (χ2v) is 12.2. The molecular weight excluding hydrogens is 613 g/mol. The van der Waals surface area contributed by atoms with Crippen molar-refractivity contribution in [1.29, 1.82) is 0 Å². The van der Waals surface area contributed by atoms with Crippen LogP contribution in [0.5, 0.6) is 0 Å². The number of para-hydroxylation sites is 2. The monoisotopic (exact) mass is 644 g/mol. The zero-order chi connectivity index (χ0) is 33.3. The number of rotatable bonds is 6. The minimum absolute atomic E-state index is 0.825. The van der Waals surface area contributed by atoms with E-state index in [-0.39, 0.29) is 0 Å². The molecule has 2 aliphatic heterocycles. The highest BCUT2D eigenvalue weighted by Crippen LogP contribution is 2.37. The summed E-state index contributed by atoms with van der Waals surface area (Å²) in [5, 5.41) is 7.36. The van der Waals surface area contributed by atoms with Gasteiger partial charge in [-0.3, -0.25) is 0 Å². The zero-order valence-electron chi connectivity index (χ0n) is 27.1. The molecule has 0 atom stereocenters. The molecule has 0 saturated heterocycles. The highest BCUT2D eigenvalue weighted by Gasteiger charge is 2.18. The van der Waals surface area contributed by atoms with Crippen LogP contribution >= 0.6 is 0 Å². The average molecular weight is 645 g/mol. The second kappa shape index (κ2) is 12.6. The maximum Gasteiger partial charge on any atom is 0.0894 e. The van der Waals surface area contributed by atoms with Crippen molar-refractivity contribution < 1.29 is 0 Å². The van der Waals surface area contributed by atoms with E-state index >= 15 is 0 Å². The number of fused-ring (bicyclic) bond motifs is 8. The number of nitrogens with one attached hydrogen (secondary N) is 4. The quantitative estimate of drug-likeness (QED) is 0.145. The van der Waals surface area contributed by atoms with Gasteiger partial charge in [0.1, 0.15) is 0 Å². The Morgan fingerprint density at radius 2 is 0.700 bits per heavy atom. The van der Waals surface area contributed by atoms with Crippen molar-refractivity contribution >= 4 is 69.1 Å². The van der Waals surface area contributed by atoms with Crippen molar-refractivity contribution in [1.82, 2.24) is 19.9 Å². The first kappa shape index (κ1) is 29.2. The van der Waals surface area contributed by atoms with Crippen LogP contribution in [0.3, 0.4) is 0 Å². The highest BCUT2D eigenvalue weighted by atomic mass is 14.9. The van der Waals surface area contributed by atoms with Crippen LogP contribution in [0, 0.1) is 0 Å². The largest absolute Gasteiger partial charge is 0.353 e. The molecule has 9 rings (SSSR count). The lowest BCUT2D eigenvalue weighted by Gasteiger charge is -2.09. The minimum atomic E-state index is 0.825. The van der Waals surface area contributed by atoms with E-state index < -0.39 is 0 Å². The Kier molecular flexibility index (Phi) is 7.37. The molecule has 5 heterocycles. The lowest BCUT2D eigenvalue weighted by molar-refractivity contribution is 1.27. The summed E-state index contributed by atoms with van der Waals surface area (Å²) in [5.74, 6) is 0. The number of H-pyrrole nitrogens is 2. The second-order valence-electron chi connectivity index (χ2n) is 12.2. The number of hydrogen-bond donors (Lipinski definition) is 4. The van der Waals surface area contributed by atoms with Gasteiger partial charge in [-0.05, 0) is 84.0 Å². The van der Waals surface area contributed by atoms with Crippen LogP contribution in [0.2, 0.25) is 0 Å². The number of hydrogen-bond acceptors (Lipinski definition) is 4. The SMILES string of the molecule is C1=Cc2nc1c(-c1ccccc1)c1nc(c(Nc3ccccc3)c3ccc([nH]3)c(-c3ccccc3)c3ccc([nH]3)c2Nc2ccccc2)C=C1. The maximum absolute atomic E-state index is 5.29. The van der Waals surface area contributed by atoms with Crippen LogP contribution < -0.4 is 10.6 Å². The Balaban J connectivity index is 1.42. The third-order valence-corrected chi connectivity index (χ3v) is 8.97. The fourth-order valence-electron chi connectivity index (χ4n) is 6.62. The molecule has 0 saturated carbocycles. The molecule has 4 N–H and O–H groups in total. The molecule has 0 aliphatic carbocycles. The summed E-state index contributed by atoms with van der Waals surface area (Å²) in [6.07, 6.45) is 8.34. The molecule has 0 unspecified atom stereocenters. The number of aromatic amines is 2. The van der Waals surface area contributed by atoms with E-state index in [1.54, 1.807) is 0 Å². The summed E-state index contributed by atoms with van der Waals surface area (Å²) in [7, 11) is 0. The summed E-state index contributed by atoms with van der Waals surface area (Å²) in [6.45, 7) is 0. The van der Waals surface area contributed by atoms with Crippen LogP contribution in [0.25, 0.3) is 68.6 Å². The Bertz CT molecular complexity index is 2430. The fraction of sp³-hybridized carbons (Fsp3) is 0. The van der Waals surface area contributed by atoms with Crippen molar-refractivity contribution in [3.63, 3.8) is 0 Å². The lowest BCUT2D eigenvalue weighted by atomic mass is 10.0. The number of nitrogens with zero attached hydrogens (tertiary/aromatic N) is 2. The Morgan fingerprint density at radius 3 is 1.14 bits per heavy atom. The van der Waals surface area contributed by atoms with Gasteiger partial charge in [-0.25, -0.2) is 9.97 Å². The average Bonchev–Trinajstić information content (AvgIpc) is 4.01. The van der Waals surface area contributed by atoms with Crippen LogP contribution in [0.1, 0.15) is 22.8 Å². The van der Waals surface area contributed by atoms with Gasteiger partial charge < -0.3 is 20.6 Å². The van der Waals surface area contributed by atoms with Gasteiger partial charge in [-0.2, -0.15) is 0 Å². The molecule has 8 bridgehead atoms. The van der Waals surface area contributed by atoms with E-state index in [4.69, 9.17) is 9.97 Å². The third kappa shape index (κ3) is 5.55. The molecule has 6 heteroatoms. The van der Waals surface area contributed by atoms with E-state index in [0.717, 1.165) is 89.8 Å². The summed E-state index contributed by atoms with van der Waals surface area (Å²) in [6, 6.07) is 49.8. The zero-order valence-corrected chi connectivity index (χ0v) is 27.1. The molecule has 2 aliphatic rings. The van der Waals surface area contributed by atoms with Crippen LogP contribution in [-0.4, -0.2) is 19.9 Å². The van der Waals surface area contributed by atoms with Crippen molar-refractivity contribution in [2.75, 3.05) is 10.6 Å². The minimum Gasteiger partial charge on any atom is -0.353 e. The molecule has 3 aromatic heterocycles. The first-order valence-electron chi connectivity index (χ1n) is 16.7. The van der Waals surface area contributed by atoms with Crippen molar-refractivity contribution in [3.05, 3.63) is 168 Å². The first-order valence-corrected chi connectivity index (χ1v) is 16.7. The maximum atomic E-state index is 5.29. The molecule has 4 aromatic carbocycles. The molecule has 0 amide bonds. The van der Waals surface area contributed by atoms with E-state index in [9.17, 15) is 0 Å². The molecule has 238 valence electrons. The Labute approximate surface area is 289 Å². The number of anilines is 4. The van der Waals surface area contributed by atoms with Gasteiger partial charge in [0, 0.05) is 33.5 Å².